The summed E-state index contributed by atoms with van der Waals surface area (Å²) in [4.78, 5) is 48.5. The number of benzene rings is 6. The molecule has 0 atom stereocenters. The summed E-state index contributed by atoms with van der Waals surface area (Å²) in [5.41, 5.74) is 7.62. The van der Waals surface area contributed by atoms with Gasteiger partial charge in [-0.1, -0.05) is 95.9 Å². The molecule has 0 saturated heterocycles. The van der Waals surface area contributed by atoms with Crippen molar-refractivity contribution >= 4 is 60.6 Å². The van der Waals surface area contributed by atoms with Gasteiger partial charge in [-0.05, 0) is 92.8 Å². The van der Waals surface area contributed by atoms with Gasteiger partial charge in [-0.15, -0.1) is 119 Å². The summed E-state index contributed by atoms with van der Waals surface area (Å²) in [6.07, 6.45) is 8.91. The fraction of sp³-hybridized carbons (Fsp3) is 0.0896. The predicted molar refractivity (Wildman–Crippen MR) is 318 cm³/mol. The number of fused-ring (bicyclic) bond motifs is 3. The molecule has 16 heteroatoms. The number of nitrogens with zero attached hydrogens (tertiary/aromatic N) is 4. The second-order valence-electron chi connectivity index (χ2n) is 16.9. The van der Waals surface area contributed by atoms with Gasteiger partial charge in [0.1, 0.15) is 11.5 Å². The summed E-state index contributed by atoms with van der Waals surface area (Å²) in [7, 11) is 0. The Balaban J connectivity index is 0.000000493. The molecule has 4 radical (unpaired) electrons. The topological polar surface area (TPSA) is 177 Å². The van der Waals surface area contributed by atoms with Crippen molar-refractivity contribution in [3.63, 3.8) is 0 Å². The molecule has 0 spiro atoms. The molecular weight excluding hydrogens is 1770 g/mol. The quantitative estimate of drug-likeness (QED) is 0.0786. The Morgan fingerprint density at radius 2 is 0.940 bits per heavy atom. The number of hydrogen-bond donors (Lipinski definition) is 3. The minimum atomic E-state index is -0.125. The van der Waals surface area contributed by atoms with Crippen LogP contribution in [0.4, 0.5) is 0 Å². The van der Waals surface area contributed by atoms with Gasteiger partial charge in [0.15, 0.2) is 17.3 Å². The van der Waals surface area contributed by atoms with Crippen molar-refractivity contribution in [2.75, 3.05) is 0 Å². The molecular formula is C67H58Ir4N4O7S-4. The molecule has 0 aliphatic rings. The van der Waals surface area contributed by atoms with E-state index in [9.17, 15) is 14.4 Å². The molecule has 5 heterocycles. The van der Waals surface area contributed by atoms with E-state index in [2.05, 4.69) is 80.6 Å². The zero-order chi connectivity index (χ0) is 56.8. The monoisotopic (exact) mass is 1830 g/mol. The van der Waals surface area contributed by atoms with Crippen LogP contribution in [0.2, 0.25) is 0 Å². The third-order valence-electron chi connectivity index (χ3n) is 10.0. The van der Waals surface area contributed by atoms with Crippen molar-refractivity contribution in [2.45, 2.75) is 41.5 Å². The Morgan fingerprint density at radius 1 is 0.470 bits per heavy atom. The first-order valence-electron chi connectivity index (χ1n) is 24.6. The number of para-hydroxylation sites is 2. The third-order valence-corrected chi connectivity index (χ3v) is 11.1. The first-order chi connectivity index (χ1) is 38.2. The van der Waals surface area contributed by atoms with Crippen LogP contribution < -0.4 is 0 Å². The molecule has 0 aliphatic heterocycles. The number of aromatic nitrogens is 4. The fourth-order valence-corrected chi connectivity index (χ4v) is 7.87. The van der Waals surface area contributed by atoms with Gasteiger partial charge >= 0.3 is 0 Å². The fourth-order valence-electron chi connectivity index (χ4n) is 6.89. The summed E-state index contributed by atoms with van der Waals surface area (Å²) in [5, 5.41) is 28.7. The van der Waals surface area contributed by atoms with E-state index in [1.165, 1.54) is 80.6 Å². The Labute approximate surface area is 542 Å². The van der Waals surface area contributed by atoms with Gasteiger partial charge in [0.05, 0.1) is 22.8 Å². The molecule has 3 N–H and O–H groups in total. The van der Waals surface area contributed by atoms with Crippen LogP contribution in [0.15, 0.2) is 247 Å². The van der Waals surface area contributed by atoms with Crippen molar-refractivity contribution in [1.82, 2.24) is 19.9 Å². The van der Waals surface area contributed by atoms with Gasteiger partial charge in [-0.3, -0.25) is 19.4 Å². The Bertz CT molecular complexity index is 3440. The van der Waals surface area contributed by atoms with E-state index in [1.807, 2.05) is 164 Å². The average Bonchev–Trinajstić information content (AvgIpc) is 4.31. The largest absolute Gasteiger partial charge is 0.512 e. The van der Waals surface area contributed by atoms with Gasteiger partial charge in [-0.2, -0.15) is 0 Å². The summed E-state index contributed by atoms with van der Waals surface area (Å²) in [6.45, 7) is 8.54. The Morgan fingerprint density at radius 3 is 1.42 bits per heavy atom. The first-order valence-corrected chi connectivity index (χ1v) is 25.5. The Kier molecular flexibility index (Phi) is 36.2. The number of rotatable bonds is 7. The van der Waals surface area contributed by atoms with Crippen LogP contribution in [0.3, 0.4) is 0 Å². The minimum Gasteiger partial charge on any atom is -0.512 e. The van der Waals surface area contributed by atoms with E-state index in [-0.39, 0.29) is 115 Å². The first kappa shape index (κ1) is 73.7. The normalized spacial score (nSPS) is 10.2. The summed E-state index contributed by atoms with van der Waals surface area (Å²) in [6, 6.07) is 74.4. The zero-order valence-electron chi connectivity index (χ0n) is 45.9. The molecule has 434 valence electrons. The van der Waals surface area contributed by atoms with Gasteiger partial charge in [-0.25, -0.2) is 11.3 Å². The van der Waals surface area contributed by atoms with E-state index in [0.717, 1.165) is 49.7 Å². The van der Waals surface area contributed by atoms with E-state index < -0.39 is 0 Å². The van der Waals surface area contributed by atoms with Crippen molar-refractivity contribution in [2.24, 2.45) is 0 Å². The third kappa shape index (κ3) is 27.5. The van der Waals surface area contributed by atoms with Crippen LogP contribution >= 0.6 is 11.3 Å². The van der Waals surface area contributed by atoms with Crippen LogP contribution in [0.5, 0.6) is 0 Å². The summed E-state index contributed by atoms with van der Waals surface area (Å²) < 4.78 is 6.87. The molecule has 11 nitrogen and oxygen atoms in total. The van der Waals surface area contributed by atoms with Crippen LogP contribution in [0, 0.1) is 24.3 Å². The summed E-state index contributed by atoms with van der Waals surface area (Å²) >= 11 is 1.73. The Hall–Kier alpha value is -7.31. The second kappa shape index (κ2) is 40.8. The van der Waals surface area contributed by atoms with Gasteiger partial charge < -0.3 is 34.7 Å². The number of allylic oxidation sites excluding steroid dienone is 6. The second-order valence-corrected chi connectivity index (χ2v) is 17.9. The van der Waals surface area contributed by atoms with Crippen molar-refractivity contribution in [3.8, 4) is 44.5 Å². The van der Waals surface area contributed by atoms with Crippen LogP contribution in [-0.4, -0.2) is 52.6 Å². The van der Waals surface area contributed by atoms with Gasteiger partial charge in [0.2, 0.25) is 0 Å². The minimum absolute atomic E-state index is 0. The smallest absolute Gasteiger partial charge is 0.155 e. The van der Waals surface area contributed by atoms with Crippen LogP contribution in [-0.2, 0) is 94.8 Å². The van der Waals surface area contributed by atoms with E-state index in [1.54, 1.807) is 17.5 Å². The average molecular weight is 1830 g/mol. The molecule has 6 aromatic carbocycles. The van der Waals surface area contributed by atoms with E-state index >= 15 is 0 Å². The molecule has 0 bridgehead atoms. The standard InChI is InChI=1S/C15H10N.C13H8NO.C13H8NS.C11H8N.3C5H8O2.4Ir/c1-2-8-13-12(6-1)7-5-9-14(13)15-10-3-4-11-16-15;1-2-6-10(7-3-1)13-14-11-8-4-5-9-12(11)15-13;1-2-7-12-10(5-1)9-13(15-12)11-6-3-4-8-14-11;1-2-6-10(7-3-1)11-8-4-5-9-12-11;3*1-4(6)3-5(2)7;;;;/h1-8,10-11H;1-6,8-9H;1-8H;1-6,8-9H;3*3,6H,1-2H3;;;;/q4*-1;;;;;;;. The number of carbonyl (C=O) groups excluding carboxylic acids is 3. The maximum absolute atomic E-state index is 10.0. The molecule has 11 aromatic rings. The number of oxazole rings is 1. The van der Waals surface area contributed by atoms with Gasteiger partial charge in [0, 0.05) is 123 Å². The van der Waals surface area contributed by atoms with Crippen molar-refractivity contribution in [1.29, 1.82) is 0 Å². The molecule has 0 amide bonds. The summed E-state index contributed by atoms with van der Waals surface area (Å²) in [5.74, 6) is 0.435. The maximum Gasteiger partial charge on any atom is 0.155 e. The number of ketones is 3. The molecule has 0 aliphatic carbocycles. The number of hydrogen-bond acceptors (Lipinski definition) is 12. The van der Waals surface area contributed by atoms with Gasteiger partial charge in [0.25, 0.3) is 0 Å². The SMILES string of the molecule is CC(=O)C=C(C)O.CC(=O)C=C(C)O.CC(=O)C=C(C)O.[Ir].[Ir].[Ir].[Ir].[c-]1c(-c2ccccn2)sc2ccccc12.[c-]1ccc2ccccc2c1-c1ccccn1.[c-]1ccccc1-c1ccccn1.[c-]1ccccc1-c1nc2ccccc2o1. The number of aliphatic hydroxyl groups excluding tert-OH is 3. The molecule has 5 aromatic heterocycles. The van der Waals surface area contributed by atoms with E-state index in [4.69, 9.17) is 19.7 Å². The van der Waals surface area contributed by atoms with Crippen LogP contribution in [0.1, 0.15) is 41.5 Å². The maximum atomic E-state index is 10.0. The molecule has 11 rings (SSSR count). The molecule has 0 unspecified atom stereocenters. The van der Waals surface area contributed by atoms with Crippen molar-refractivity contribution in [3.05, 3.63) is 266 Å². The molecule has 83 heavy (non-hydrogen) atoms. The number of carbonyl (C=O) groups is 3. The molecule has 0 saturated carbocycles. The predicted octanol–water partition coefficient (Wildman–Crippen LogP) is 16.4. The number of pyridine rings is 3. The zero-order valence-corrected chi connectivity index (χ0v) is 56.3. The number of thiophene rings is 1. The van der Waals surface area contributed by atoms with Crippen LogP contribution in [0.25, 0.3) is 76.5 Å². The van der Waals surface area contributed by atoms with E-state index in [0.29, 0.717) is 5.89 Å². The molecule has 0 fully saturated rings. The van der Waals surface area contributed by atoms with Crippen molar-refractivity contribution < 1.29 is 115 Å². The number of aliphatic hydroxyl groups is 3.